The Morgan fingerprint density at radius 3 is 2.47 bits per heavy atom. The number of carbonyl (C=O) groups is 2. The third kappa shape index (κ3) is 5.14. The van der Waals surface area contributed by atoms with E-state index in [-0.39, 0.29) is 23.0 Å². The fourth-order valence-corrected chi connectivity index (χ4v) is 5.12. The number of benzene rings is 2. The van der Waals surface area contributed by atoms with Crippen LogP contribution in [0.1, 0.15) is 34.2 Å². The third-order valence-electron chi connectivity index (χ3n) is 5.51. The van der Waals surface area contributed by atoms with Gasteiger partial charge in [-0.3, -0.25) is 4.79 Å². The van der Waals surface area contributed by atoms with Gasteiger partial charge in [0, 0.05) is 22.6 Å². The number of ether oxygens (including phenoxy) is 1. The maximum absolute atomic E-state index is 12.7. The first-order valence-corrected chi connectivity index (χ1v) is 12.6. The summed E-state index contributed by atoms with van der Waals surface area (Å²) in [7, 11) is 0. The zero-order valence-electron chi connectivity index (χ0n) is 19.7. The number of aromatic nitrogens is 1. The van der Waals surface area contributed by atoms with Gasteiger partial charge in [0.25, 0.3) is 5.91 Å². The van der Waals surface area contributed by atoms with Crippen LogP contribution in [-0.4, -0.2) is 33.2 Å². The second-order valence-electron chi connectivity index (χ2n) is 7.90. The van der Waals surface area contributed by atoms with Crippen LogP contribution in [0.2, 0.25) is 10.0 Å². The largest absolute Gasteiger partial charge is 0.506 e. The summed E-state index contributed by atoms with van der Waals surface area (Å²) in [6.45, 7) is 5.66. The molecule has 0 saturated heterocycles. The molecule has 4 rings (SSSR count). The standard InChI is InChI=1S/C27H22Cl2N2O4S/c1-4-35-27(34)23-24(32)22(36-26(23)30-25(33)17-8-6-5-7-9-17)13-18-12-15(2)31(16(18)3)19-10-11-20(28)21(29)14-19/h5-14,32H,4H2,1-3H3. The summed E-state index contributed by atoms with van der Waals surface area (Å²) in [5, 5.41) is 12.0. The van der Waals surface area contributed by atoms with Gasteiger partial charge in [-0.2, -0.15) is 0 Å². The maximum Gasteiger partial charge on any atom is 0.344 e. The fourth-order valence-electron chi connectivity index (χ4n) is 3.83. The second-order valence-corrected chi connectivity index (χ2v) is 9.75. The van der Waals surface area contributed by atoms with Gasteiger partial charge in [-0.05, 0) is 68.8 Å². The van der Waals surface area contributed by atoms with Crippen molar-refractivity contribution >= 4 is 58.0 Å². The summed E-state index contributed by atoms with van der Waals surface area (Å²) in [5.41, 5.74) is 3.71. The number of thioether (sulfide) groups is 1. The average molecular weight is 541 g/mol. The molecule has 6 nitrogen and oxygen atoms in total. The number of esters is 1. The Hall–Kier alpha value is -3.26. The average Bonchev–Trinajstić information content (AvgIpc) is 3.31. The highest BCUT2D eigenvalue weighted by Crippen LogP contribution is 2.40. The van der Waals surface area contributed by atoms with Crippen molar-refractivity contribution < 1.29 is 19.4 Å². The number of aliphatic hydroxyl groups is 1. The number of nitrogens with zero attached hydrogens (tertiary/aromatic N) is 2. The van der Waals surface area contributed by atoms with Crippen LogP contribution >= 0.6 is 35.0 Å². The monoisotopic (exact) mass is 540 g/mol. The summed E-state index contributed by atoms with van der Waals surface area (Å²) in [6.07, 6.45) is 1.76. The predicted octanol–water partition coefficient (Wildman–Crippen LogP) is 7.10. The van der Waals surface area contributed by atoms with Gasteiger partial charge < -0.3 is 14.4 Å². The number of rotatable bonds is 5. The third-order valence-corrected chi connectivity index (χ3v) is 7.27. The van der Waals surface area contributed by atoms with E-state index in [2.05, 4.69) is 4.99 Å². The van der Waals surface area contributed by atoms with Gasteiger partial charge in [0.2, 0.25) is 0 Å². The van der Waals surface area contributed by atoms with Crippen molar-refractivity contribution in [2.75, 3.05) is 6.61 Å². The molecule has 0 atom stereocenters. The molecule has 0 fully saturated rings. The Kier molecular flexibility index (Phi) is 7.73. The van der Waals surface area contributed by atoms with Gasteiger partial charge in [0.15, 0.2) is 0 Å². The minimum Gasteiger partial charge on any atom is -0.506 e. The molecule has 9 heteroatoms. The highest BCUT2D eigenvalue weighted by atomic mass is 35.5. The molecule has 1 aliphatic heterocycles. The first kappa shape index (κ1) is 25.8. The minimum atomic E-state index is -0.744. The molecule has 3 aromatic rings. The topological polar surface area (TPSA) is 80.9 Å². The van der Waals surface area contributed by atoms with Crippen molar-refractivity contribution in [2.45, 2.75) is 20.8 Å². The Morgan fingerprint density at radius 1 is 1.08 bits per heavy atom. The van der Waals surface area contributed by atoms with Crippen LogP contribution in [0.4, 0.5) is 0 Å². The molecule has 1 aliphatic rings. The molecule has 0 spiro atoms. The number of aliphatic hydroxyl groups excluding tert-OH is 1. The Labute approximate surface area is 222 Å². The molecule has 0 saturated carbocycles. The molecule has 1 amide bonds. The zero-order valence-corrected chi connectivity index (χ0v) is 22.0. The molecule has 36 heavy (non-hydrogen) atoms. The molecule has 0 aliphatic carbocycles. The fraction of sp³-hybridized carbons (Fsp3) is 0.148. The van der Waals surface area contributed by atoms with Gasteiger partial charge in [-0.25, -0.2) is 9.79 Å². The highest BCUT2D eigenvalue weighted by molar-refractivity contribution is 8.18. The molecular weight excluding hydrogens is 519 g/mol. The van der Waals surface area contributed by atoms with Gasteiger partial charge in [-0.1, -0.05) is 53.2 Å². The highest BCUT2D eigenvalue weighted by Gasteiger charge is 2.34. The molecule has 0 unspecified atom stereocenters. The van der Waals surface area contributed by atoms with Crippen molar-refractivity contribution in [3.63, 3.8) is 0 Å². The molecule has 1 N–H and O–H groups in total. The molecule has 1 aromatic heterocycles. The van der Waals surface area contributed by atoms with Crippen LogP contribution in [0, 0.1) is 13.8 Å². The van der Waals surface area contributed by atoms with Crippen molar-refractivity contribution in [2.24, 2.45) is 4.99 Å². The first-order chi connectivity index (χ1) is 17.2. The van der Waals surface area contributed by atoms with Crippen LogP contribution < -0.4 is 0 Å². The van der Waals surface area contributed by atoms with Crippen LogP contribution in [0.15, 0.2) is 75.8 Å². The summed E-state index contributed by atoms with van der Waals surface area (Å²) in [4.78, 5) is 29.9. The van der Waals surface area contributed by atoms with Crippen molar-refractivity contribution in [3.8, 4) is 5.69 Å². The maximum atomic E-state index is 12.7. The number of hydrogen-bond donors (Lipinski definition) is 1. The zero-order chi connectivity index (χ0) is 26.0. The summed E-state index contributed by atoms with van der Waals surface area (Å²) >= 11 is 13.3. The van der Waals surface area contributed by atoms with Crippen LogP contribution in [0.3, 0.4) is 0 Å². The smallest absolute Gasteiger partial charge is 0.344 e. The molecule has 0 radical (unpaired) electrons. The Bertz CT molecular complexity index is 1460. The predicted molar refractivity (Wildman–Crippen MR) is 145 cm³/mol. The van der Waals surface area contributed by atoms with E-state index in [1.165, 1.54) is 0 Å². The summed E-state index contributed by atoms with van der Waals surface area (Å²) in [5.74, 6) is -1.55. The molecule has 184 valence electrons. The van der Waals surface area contributed by atoms with Crippen molar-refractivity contribution in [1.29, 1.82) is 0 Å². The number of aliphatic imine (C=N–C) groups is 1. The molecule has 2 aromatic carbocycles. The van der Waals surface area contributed by atoms with E-state index < -0.39 is 11.9 Å². The number of amides is 1. The lowest BCUT2D eigenvalue weighted by Gasteiger charge is -2.10. The normalized spacial score (nSPS) is 15.7. The van der Waals surface area contributed by atoms with E-state index in [0.29, 0.717) is 20.5 Å². The number of hydrogen-bond acceptors (Lipinski definition) is 5. The number of carbonyl (C=O) groups excluding carboxylic acids is 2. The SMILES string of the molecule is CCOC(=O)C1=C(O)C(=Cc2cc(C)n(-c3ccc(Cl)c(Cl)c3)c2C)SC1=NC(=O)c1ccccc1. The van der Waals surface area contributed by atoms with E-state index in [1.807, 2.05) is 30.5 Å². The van der Waals surface area contributed by atoms with Gasteiger partial charge in [0.05, 0.1) is 21.6 Å². The Balaban J connectivity index is 1.76. The van der Waals surface area contributed by atoms with E-state index in [4.69, 9.17) is 27.9 Å². The van der Waals surface area contributed by atoms with E-state index in [9.17, 15) is 14.7 Å². The summed E-state index contributed by atoms with van der Waals surface area (Å²) in [6, 6.07) is 15.8. The van der Waals surface area contributed by atoms with E-state index in [1.54, 1.807) is 55.5 Å². The van der Waals surface area contributed by atoms with Gasteiger partial charge in [-0.15, -0.1) is 0 Å². The van der Waals surface area contributed by atoms with Crippen LogP contribution in [0.25, 0.3) is 11.8 Å². The minimum absolute atomic E-state index is 0.0874. The van der Waals surface area contributed by atoms with Crippen molar-refractivity contribution in [3.05, 3.63) is 103 Å². The lowest BCUT2D eigenvalue weighted by molar-refractivity contribution is -0.138. The van der Waals surface area contributed by atoms with Crippen LogP contribution in [-0.2, 0) is 9.53 Å². The number of halogens is 2. The van der Waals surface area contributed by atoms with Gasteiger partial charge in [0.1, 0.15) is 16.4 Å². The molecule has 2 heterocycles. The lowest BCUT2D eigenvalue weighted by atomic mass is 10.1. The van der Waals surface area contributed by atoms with E-state index >= 15 is 0 Å². The molecular formula is C27H22Cl2N2O4S. The van der Waals surface area contributed by atoms with Crippen molar-refractivity contribution in [1.82, 2.24) is 4.57 Å². The first-order valence-electron chi connectivity index (χ1n) is 11.0. The summed E-state index contributed by atoms with van der Waals surface area (Å²) < 4.78 is 7.13. The van der Waals surface area contributed by atoms with E-state index in [0.717, 1.165) is 34.4 Å². The van der Waals surface area contributed by atoms with Gasteiger partial charge >= 0.3 is 5.97 Å². The quantitative estimate of drug-likeness (QED) is 0.349. The Morgan fingerprint density at radius 2 is 1.81 bits per heavy atom. The molecule has 0 bridgehead atoms. The second kappa shape index (κ2) is 10.8. The lowest BCUT2D eigenvalue weighted by Crippen LogP contribution is -2.14. The van der Waals surface area contributed by atoms with Crippen LogP contribution in [0.5, 0.6) is 0 Å². The number of aryl methyl sites for hydroxylation is 1.